The van der Waals surface area contributed by atoms with Crippen LogP contribution in [0.2, 0.25) is 0 Å². The lowest BCUT2D eigenvalue weighted by Gasteiger charge is -1.80. The van der Waals surface area contributed by atoms with Crippen molar-refractivity contribution in [1.82, 2.24) is 4.91 Å². The van der Waals surface area contributed by atoms with E-state index in [0.717, 1.165) is 5.76 Å². The zero-order chi connectivity index (χ0) is 7.82. The van der Waals surface area contributed by atoms with Crippen molar-refractivity contribution in [3.63, 3.8) is 0 Å². The van der Waals surface area contributed by atoms with Crippen LogP contribution in [-0.2, 0) is 6.54 Å². The molecule has 0 radical (unpaired) electrons. The van der Waals surface area contributed by atoms with Crippen molar-refractivity contribution in [3.8, 4) is 0 Å². The maximum atomic E-state index is 5.50. The number of hydrogen-bond acceptors (Lipinski definition) is 4. The van der Waals surface area contributed by atoms with Crippen LogP contribution in [0.1, 0.15) is 5.76 Å². The van der Waals surface area contributed by atoms with Crippen LogP contribution in [-0.4, -0.2) is 0 Å². The minimum Gasteiger partial charge on any atom is -0.468 e. The van der Waals surface area contributed by atoms with Gasteiger partial charge in [0.2, 0.25) is 4.91 Å². The van der Waals surface area contributed by atoms with Crippen LogP contribution in [0, 0.1) is 11.1 Å². The summed E-state index contributed by atoms with van der Waals surface area (Å²) in [5, 5.41) is 0. The highest BCUT2D eigenvalue weighted by Gasteiger charge is 1.84. The first-order valence-electron chi connectivity index (χ1n) is 2.60. The van der Waals surface area contributed by atoms with Gasteiger partial charge in [0.25, 0.3) is 0 Å². The Morgan fingerprint density at radius 2 is 2.20 bits per heavy atom. The first-order chi connectivity index (χ1) is 4.85. The number of nitrogens with zero attached hydrogens (tertiary/aromatic N) is 1. The summed E-state index contributed by atoms with van der Waals surface area (Å²) >= 11 is 0. The predicted octanol–water partition coefficient (Wildman–Crippen LogP) is 0.854. The lowest BCUT2D eigenvalue weighted by Crippen LogP contribution is -1.92. The quantitative estimate of drug-likeness (QED) is 0.399. The van der Waals surface area contributed by atoms with E-state index in [9.17, 15) is 0 Å². The summed E-state index contributed by atoms with van der Waals surface area (Å²) in [4.78, 5) is 2.00. The molecule has 1 aromatic heterocycles. The van der Waals surface area contributed by atoms with Crippen LogP contribution < -0.4 is 10.6 Å². The molecule has 0 unspecified atom stereocenters. The molecule has 1 rings (SSSR count). The fourth-order valence-electron chi connectivity index (χ4n) is 0.429. The van der Waals surface area contributed by atoms with Crippen molar-refractivity contribution >= 4 is 0 Å². The van der Waals surface area contributed by atoms with E-state index in [2.05, 4.69) is 0 Å². The molecule has 1 heterocycles. The van der Waals surface area contributed by atoms with Gasteiger partial charge in [0.05, 0.1) is 12.8 Å². The van der Waals surface area contributed by atoms with Gasteiger partial charge >= 0.3 is 0 Å². The van der Waals surface area contributed by atoms with E-state index in [1.807, 2.05) is 17.0 Å². The Morgan fingerprint density at radius 1 is 1.60 bits per heavy atom. The van der Waals surface area contributed by atoms with Crippen molar-refractivity contribution in [1.29, 1.82) is 11.1 Å². The van der Waals surface area contributed by atoms with Crippen molar-refractivity contribution in [3.05, 3.63) is 24.2 Å². The summed E-state index contributed by atoms with van der Waals surface area (Å²) in [6.45, 7) is 0.493. The molecule has 0 saturated heterocycles. The number of furan rings is 1. The summed E-state index contributed by atoms with van der Waals surface area (Å²) in [5.74, 6) is 0.833. The van der Waals surface area contributed by atoms with Gasteiger partial charge in [-0.3, -0.25) is 0 Å². The molecule has 0 amide bonds. The second-order valence-electron chi connectivity index (χ2n) is 1.40. The number of hydrogen-bond donors (Lipinski definition) is 3. The third-order valence-corrected chi connectivity index (χ3v) is 0.781. The van der Waals surface area contributed by atoms with Gasteiger partial charge in [0, 0.05) is 0 Å². The van der Waals surface area contributed by atoms with Gasteiger partial charge in [-0.15, -0.1) is 0 Å². The third kappa shape index (κ3) is 3.54. The highest BCUT2D eigenvalue weighted by molar-refractivity contribution is 4.96. The van der Waals surface area contributed by atoms with Crippen molar-refractivity contribution in [2.75, 3.05) is 0 Å². The monoisotopic (exact) mass is 141 g/mol. The fourth-order valence-corrected chi connectivity index (χ4v) is 0.429. The van der Waals surface area contributed by atoms with Crippen molar-refractivity contribution < 1.29 is 4.42 Å². The topological polar surface area (TPSA) is 101 Å². The number of rotatable bonds is 1. The molecule has 0 aromatic carbocycles. The molecule has 0 aliphatic heterocycles. The maximum absolute atomic E-state index is 5.50. The molecule has 0 aliphatic carbocycles. The summed E-state index contributed by atoms with van der Waals surface area (Å²) in [7, 11) is 0. The van der Waals surface area contributed by atoms with E-state index in [1.165, 1.54) is 0 Å². The summed E-state index contributed by atoms with van der Waals surface area (Å²) in [6.07, 6.45) is 1.61. The van der Waals surface area contributed by atoms with E-state index in [-0.39, 0.29) is 0 Å². The number of nitrogens with one attached hydrogen (secondary N) is 2. The van der Waals surface area contributed by atoms with Crippen LogP contribution in [0.5, 0.6) is 0 Å². The van der Waals surface area contributed by atoms with E-state index in [0.29, 0.717) is 6.54 Å². The summed E-state index contributed by atoms with van der Waals surface area (Å²) in [5.41, 5.74) is 16.2. The van der Waals surface area contributed by atoms with E-state index < -0.39 is 0 Å². The van der Waals surface area contributed by atoms with Crippen LogP contribution >= 0.6 is 0 Å². The molecule has 5 heteroatoms. The molecule has 0 saturated carbocycles. The minimum atomic E-state index is 0.493. The minimum absolute atomic E-state index is 0.493. The molecule has 4 N–H and O–H groups in total. The Hall–Kier alpha value is -1.45. The van der Waals surface area contributed by atoms with Gasteiger partial charge in [-0.05, 0) is 12.1 Å². The predicted molar refractivity (Wildman–Crippen MR) is 34.2 cm³/mol. The van der Waals surface area contributed by atoms with Gasteiger partial charge in [0.15, 0.2) is 0 Å². The molecule has 54 valence electrons. The summed E-state index contributed by atoms with van der Waals surface area (Å²) < 4.78 is 4.86. The van der Waals surface area contributed by atoms with E-state index in [4.69, 9.17) is 21.2 Å². The average Bonchev–Trinajstić information content (AvgIpc) is 2.39. The maximum Gasteiger partial charge on any atom is 0.211 e. The Balaban J connectivity index is 0.000000236. The smallest absolute Gasteiger partial charge is 0.211 e. The molecule has 0 bridgehead atoms. The molecule has 0 fully saturated rings. The highest BCUT2D eigenvalue weighted by Crippen LogP contribution is 1.95. The largest absolute Gasteiger partial charge is 0.468 e. The van der Waals surface area contributed by atoms with Gasteiger partial charge in [-0.25, -0.2) is 0 Å². The molecule has 0 atom stereocenters. The molecule has 0 spiro atoms. The second kappa shape index (κ2) is 5.68. The van der Waals surface area contributed by atoms with Gasteiger partial charge in [0.1, 0.15) is 16.8 Å². The van der Waals surface area contributed by atoms with Crippen LogP contribution in [0.4, 0.5) is 0 Å². The average molecular weight is 141 g/mol. The number of nitrogens with two attached hydrogens (primary N) is 1. The second-order valence-corrected chi connectivity index (χ2v) is 1.40. The molecule has 1 aromatic rings. The van der Waals surface area contributed by atoms with Crippen molar-refractivity contribution in [2.24, 2.45) is 5.73 Å². The van der Waals surface area contributed by atoms with Gasteiger partial charge < -0.3 is 10.2 Å². The Kier molecular flexibility index (Phi) is 4.86. The highest BCUT2D eigenvalue weighted by atomic mass is 16.3. The lowest BCUT2D eigenvalue weighted by molar-refractivity contribution is 0.512. The van der Waals surface area contributed by atoms with Gasteiger partial charge in [-0.1, -0.05) is 0 Å². The van der Waals surface area contributed by atoms with E-state index >= 15 is 0 Å². The van der Waals surface area contributed by atoms with Crippen LogP contribution in [0.25, 0.3) is 0 Å². The van der Waals surface area contributed by atoms with Gasteiger partial charge in [-0.2, -0.15) is 0 Å². The molecule has 10 heavy (non-hydrogen) atoms. The zero-order valence-corrected chi connectivity index (χ0v) is 5.37. The summed E-state index contributed by atoms with van der Waals surface area (Å²) in [6, 6.07) is 3.67. The van der Waals surface area contributed by atoms with Crippen LogP contribution in [0.15, 0.2) is 22.8 Å². The molecular weight excluding hydrogens is 132 g/mol. The van der Waals surface area contributed by atoms with Crippen LogP contribution in [0.3, 0.4) is 0 Å². The fraction of sp³-hybridized carbons (Fsp3) is 0.200. The lowest BCUT2D eigenvalue weighted by atomic mass is 10.5. The Bertz CT molecular complexity index is 187. The first-order valence-corrected chi connectivity index (χ1v) is 2.60. The zero-order valence-electron chi connectivity index (χ0n) is 5.37. The molecule has 5 nitrogen and oxygen atoms in total. The Morgan fingerprint density at radius 3 is 2.40 bits per heavy atom. The van der Waals surface area contributed by atoms with E-state index in [1.54, 1.807) is 6.26 Å². The standard InChI is InChI=1S/C5H7NO.H2N3/c6-4-5-2-1-3-7-5;1-3-2/h1-3H,4,6H2;1-2H/q;+1. The first kappa shape index (κ1) is 8.55. The normalized spacial score (nSPS) is 7.30. The van der Waals surface area contributed by atoms with Crippen molar-refractivity contribution in [2.45, 2.75) is 6.54 Å². The third-order valence-electron chi connectivity index (χ3n) is 0.781. The molecule has 0 aliphatic rings. The SMILES string of the molecule is N=[N+]=N.NCc1ccco1. The molecular formula is C5H9N4O+. The Labute approximate surface area is 57.9 Å².